The second-order valence-corrected chi connectivity index (χ2v) is 4.92. The van der Waals surface area contributed by atoms with Gasteiger partial charge in [0, 0.05) is 24.2 Å². The number of halogens is 1. The van der Waals surface area contributed by atoms with E-state index in [1.165, 1.54) is 0 Å². The van der Waals surface area contributed by atoms with E-state index in [2.05, 4.69) is 5.32 Å². The second-order valence-electron chi connectivity index (χ2n) is 4.48. The van der Waals surface area contributed by atoms with Gasteiger partial charge >= 0.3 is 0 Å². The van der Waals surface area contributed by atoms with Crippen LogP contribution in [-0.2, 0) is 9.53 Å². The van der Waals surface area contributed by atoms with E-state index >= 15 is 0 Å². The van der Waals surface area contributed by atoms with Gasteiger partial charge in [-0.15, -0.1) is 0 Å². The minimum atomic E-state index is 0.0833. The lowest BCUT2D eigenvalue weighted by Gasteiger charge is -2.21. The van der Waals surface area contributed by atoms with E-state index < -0.39 is 0 Å². The number of amides is 1. The zero-order valence-corrected chi connectivity index (χ0v) is 11.5. The number of carbonyl (C=O) groups excluding carboxylic acids is 1. The van der Waals surface area contributed by atoms with Gasteiger partial charge in [-0.05, 0) is 31.0 Å². The largest absolute Gasteiger partial charge is 0.492 e. The highest BCUT2D eigenvalue weighted by molar-refractivity contribution is 6.30. The van der Waals surface area contributed by atoms with Crippen LogP contribution in [0.3, 0.4) is 0 Å². The lowest BCUT2D eigenvalue weighted by molar-refractivity contribution is -0.127. The van der Waals surface area contributed by atoms with Gasteiger partial charge < -0.3 is 14.8 Å². The molecule has 1 heterocycles. The first-order chi connectivity index (χ1) is 9.25. The first-order valence-electron chi connectivity index (χ1n) is 6.49. The molecular weight excluding hydrogens is 266 g/mol. The molecule has 0 aromatic heterocycles. The van der Waals surface area contributed by atoms with Gasteiger partial charge in [-0.2, -0.15) is 0 Å². The summed E-state index contributed by atoms with van der Waals surface area (Å²) in [5.74, 6) is 0.894. The predicted molar refractivity (Wildman–Crippen MR) is 73.5 cm³/mol. The van der Waals surface area contributed by atoms with Crippen LogP contribution in [0.2, 0.25) is 5.02 Å². The zero-order valence-electron chi connectivity index (χ0n) is 10.7. The molecule has 0 spiro atoms. The average molecular weight is 284 g/mol. The van der Waals surface area contributed by atoms with E-state index in [4.69, 9.17) is 21.1 Å². The van der Waals surface area contributed by atoms with Crippen LogP contribution in [0.4, 0.5) is 0 Å². The molecule has 4 nitrogen and oxygen atoms in total. The second kappa shape index (κ2) is 7.36. The number of hydrogen-bond donors (Lipinski definition) is 1. The maximum atomic E-state index is 11.8. The van der Waals surface area contributed by atoms with E-state index in [0.717, 1.165) is 12.8 Å². The van der Waals surface area contributed by atoms with Gasteiger partial charge in [0.05, 0.1) is 6.54 Å². The van der Waals surface area contributed by atoms with Crippen LogP contribution in [0.5, 0.6) is 5.75 Å². The fourth-order valence-corrected chi connectivity index (χ4v) is 2.18. The highest BCUT2D eigenvalue weighted by Crippen LogP contribution is 2.17. The number of ether oxygens (including phenoxy) is 2. The third kappa shape index (κ3) is 4.73. The Labute approximate surface area is 118 Å². The number of hydrogen-bond acceptors (Lipinski definition) is 3. The maximum absolute atomic E-state index is 11.8. The Morgan fingerprint density at radius 2 is 2.21 bits per heavy atom. The minimum Gasteiger partial charge on any atom is -0.492 e. The van der Waals surface area contributed by atoms with Crippen molar-refractivity contribution in [2.45, 2.75) is 12.8 Å². The summed E-state index contributed by atoms with van der Waals surface area (Å²) in [6, 6.07) is 7.22. The van der Waals surface area contributed by atoms with Crippen molar-refractivity contribution in [2.75, 3.05) is 26.4 Å². The molecule has 1 N–H and O–H groups in total. The number of benzene rings is 1. The van der Waals surface area contributed by atoms with Crippen molar-refractivity contribution < 1.29 is 14.3 Å². The highest BCUT2D eigenvalue weighted by atomic mass is 35.5. The van der Waals surface area contributed by atoms with Crippen molar-refractivity contribution in [1.82, 2.24) is 5.32 Å². The molecule has 1 amide bonds. The summed E-state index contributed by atoms with van der Waals surface area (Å²) in [7, 11) is 0. The molecule has 1 aromatic carbocycles. The van der Waals surface area contributed by atoms with Gasteiger partial charge in [0.2, 0.25) is 5.91 Å². The Bertz CT molecular complexity index is 419. The van der Waals surface area contributed by atoms with Gasteiger partial charge in [-0.3, -0.25) is 4.79 Å². The standard InChI is InChI=1S/C14H18ClNO3/c15-12-2-1-3-13(10-12)19-9-6-16-14(17)11-4-7-18-8-5-11/h1-3,10-11H,4-9H2,(H,16,17). The van der Waals surface area contributed by atoms with E-state index in [1.807, 2.05) is 12.1 Å². The van der Waals surface area contributed by atoms with Crippen molar-refractivity contribution >= 4 is 17.5 Å². The molecule has 104 valence electrons. The molecule has 1 aliphatic heterocycles. The summed E-state index contributed by atoms with van der Waals surface area (Å²) < 4.78 is 10.7. The van der Waals surface area contributed by atoms with Crippen LogP contribution >= 0.6 is 11.6 Å². The van der Waals surface area contributed by atoms with Crippen molar-refractivity contribution in [3.05, 3.63) is 29.3 Å². The summed E-state index contributed by atoms with van der Waals surface area (Å²) >= 11 is 5.85. The molecule has 1 aliphatic rings. The van der Waals surface area contributed by atoms with Crippen molar-refractivity contribution in [3.63, 3.8) is 0 Å². The molecule has 0 atom stereocenters. The number of nitrogens with one attached hydrogen (secondary N) is 1. The normalized spacial score (nSPS) is 16.1. The molecule has 2 rings (SSSR count). The van der Waals surface area contributed by atoms with Crippen molar-refractivity contribution in [2.24, 2.45) is 5.92 Å². The zero-order chi connectivity index (χ0) is 13.5. The van der Waals surface area contributed by atoms with Crippen LogP contribution in [-0.4, -0.2) is 32.3 Å². The monoisotopic (exact) mass is 283 g/mol. The maximum Gasteiger partial charge on any atom is 0.223 e. The lowest BCUT2D eigenvalue weighted by atomic mass is 9.99. The van der Waals surface area contributed by atoms with Gasteiger partial charge in [0.25, 0.3) is 0 Å². The summed E-state index contributed by atoms with van der Waals surface area (Å²) in [5, 5.41) is 3.53. The molecule has 1 fully saturated rings. The van der Waals surface area contributed by atoms with E-state index in [1.54, 1.807) is 12.1 Å². The van der Waals surface area contributed by atoms with Gasteiger partial charge in [0.1, 0.15) is 12.4 Å². The molecule has 0 unspecified atom stereocenters. The Morgan fingerprint density at radius 3 is 2.95 bits per heavy atom. The molecule has 1 saturated heterocycles. The topological polar surface area (TPSA) is 47.6 Å². The Kier molecular flexibility index (Phi) is 5.48. The lowest BCUT2D eigenvalue weighted by Crippen LogP contribution is -2.36. The van der Waals surface area contributed by atoms with Gasteiger partial charge in [0.15, 0.2) is 0 Å². The van der Waals surface area contributed by atoms with Gasteiger partial charge in [-0.25, -0.2) is 0 Å². The first-order valence-corrected chi connectivity index (χ1v) is 6.87. The van der Waals surface area contributed by atoms with Crippen LogP contribution < -0.4 is 10.1 Å². The van der Waals surface area contributed by atoms with E-state index in [-0.39, 0.29) is 11.8 Å². The smallest absolute Gasteiger partial charge is 0.223 e. The molecular formula is C14H18ClNO3. The third-order valence-electron chi connectivity index (χ3n) is 3.06. The Hall–Kier alpha value is -1.26. The first kappa shape index (κ1) is 14.2. The molecule has 0 bridgehead atoms. The van der Waals surface area contributed by atoms with E-state index in [9.17, 15) is 4.79 Å². The Morgan fingerprint density at radius 1 is 1.42 bits per heavy atom. The molecule has 0 saturated carbocycles. The van der Waals surface area contributed by atoms with Crippen molar-refractivity contribution in [1.29, 1.82) is 0 Å². The fourth-order valence-electron chi connectivity index (χ4n) is 2.00. The minimum absolute atomic E-state index is 0.0833. The SMILES string of the molecule is O=C(NCCOc1cccc(Cl)c1)C1CCOCC1. The van der Waals surface area contributed by atoms with Crippen molar-refractivity contribution in [3.8, 4) is 5.75 Å². The summed E-state index contributed by atoms with van der Waals surface area (Å²) in [6.07, 6.45) is 1.61. The Balaban J connectivity index is 1.65. The highest BCUT2D eigenvalue weighted by Gasteiger charge is 2.20. The average Bonchev–Trinajstić information content (AvgIpc) is 2.44. The quantitative estimate of drug-likeness (QED) is 0.843. The van der Waals surface area contributed by atoms with E-state index in [0.29, 0.717) is 37.1 Å². The van der Waals surface area contributed by atoms with Crippen LogP contribution in [0.25, 0.3) is 0 Å². The molecule has 0 aliphatic carbocycles. The van der Waals surface area contributed by atoms with Crippen LogP contribution in [0.1, 0.15) is 12.8 Å². The molecule has 5 heteroatoms. The molecule has 19 heavy (non-hydrogen) atoms. The predicted octanol–water partition coefficient (Wildman–Crippen LogP) is 2.26. The fraction of sp³-hybridized carbons (Fsp3) is 0.500. The third-order valence-corrected chi connectivity index (χ3v) is 3.29. The summed E-state index contributed by atoms with van der Waals surface area (Å²) in [4.78, 5) is 11.8. The van der Waals surface area contributed by atoms with Gasteiger partial charge in [-0.1, -0.05) is 17.7 Å². The number of carbonyl (C=O) groups is 1. The molecule has 0 radical (unpaired) electrons. The summed E-state index contributed by atoms with van der Waals surface area (Å²) in [5.41, 5.74) is 0. The number of rotatable bonds is 5. The van der Waals surface area contributed by atoms with Crippen LogP contribution in [0, 0.1) is 5.92 Å². The van der Waals surface area contributed by atoms with Crippen LogP contribution in [0.15, 0.2) is 24.3 Å². The molecule has 1 aromatic rings. The summed E-state index contributed by atoms with van der Waals surface area (Å²) in [6.45, 7) is 2.30.